The molecule has 0 radical (unpaired) electrons. The molecule has 5 nitrogen and oxygen atoms in total. The summed E-state index contributed by atoms with van der Waals surface area (Å²) in [6, 6.07) is 63.3. The fourth-order valence-electron chi connectivity index (χ4n) is 8.23. The molecule has 0 bridgehead atoms. The van der Waals surface area contributed by atoms with Gasteiger partial charge in [0.15, 0.2) is 0 Å². The van der Waals surface area contributed by atoms with Crippen molar-refractivity contribution < 1.29 is 9.05 Å². The molecule has 56 heavy (non-hydrogen) atoms. The van der Waals surface area contributed by atoms with Gasteiger partial charge in [-0.05, 0) is 81.9 Å². The summed E-state index contributed by atoms with van der Waals surface area (Å²) in [7, 11) is -2.37. The van der Waals surface area contributed by atoms with Crippen LogP contribution in [0.5, 0.6) is 0 Å². The van der Waals surface area contributed by atoms with Crippen LogP contribution in [0.25, 0.3) is 61.0 Å². The number of para-hydroxylation sites is 3. The van der Waals surface area contributed by atoms with E-state index >= 15 is 0 Å². The first-order valence-corrected chi connectivity index (χ1v) is 21.9. The normalized spacial score (nSPS) is 13.8. The van der Waals surface area contributed by atoms with Gasteiger partial charge in [0.1, 0.15) is 13.9 Å². The third-order valence-electron chi connectivity index (χ3n) is 11.2. The molecule has 0 aliphatic carbocycles. The van der Waals surface area contributed by atoms with E-state index < -0.39 is 15.0 Å². The average Bonchev–Trinajstić information content (AvgIpc) is 3.84. The highest BCUT2D eigenvalue weighted by atomic mass is 28.3. The summed E-state index contributed by atoms with van der Waals surface area (Å²) in [5.74, 6) is 0.845. The van der Waals surface area contributed by atoms with Crippen LogP contribution in [0.15, 0.2) is 188 Å². The molecule has 0 saturated heterocycles. The molecule has 270 valence electrons. The molecule has 0 N–H and O–H groups in total. The van der Waals surface area contributed by atoms with Gasteiger partial charge < -0.3 is 0 Å². The van der Waals surface area contributed by atoms with E-state index in [4.69, 9.17) is 14.0 Å². The maximum absolute atomic E-state index is 8.11. The average molecular weight is 744 g/mol. The topological polar surface area (TPSA) is 33.5 Å². The van der Waals surface area contributed by atoms with E-state index in [1.165, 1.54) is 15.8 Å². The van der Waals surface area contributed by atoms with E-state index in [1.807, 2.05) is 36.5 Å². The van der Waals surface area contributed by atoms with Gasteiger partial charge >= 0.3 is 0 Å². The van der Waals surface area contributed by atoms with E-state index in [2.05, 4.69) is 163 Å². The fraction of sp³-hybridized carbons (Fsp3) is 0.0600. The predicted octanol–water partition coefficient (Wildman–Crippen LogP) is 11.4. The second kappa shape index (κ2) is 13.5. The van der Waals surface area contributed by atoms with Gasteiger partial charge in [0.05, 0.1) is 28.1 Å². The molecule has 0 unspecified atom stereocenters. The summed E-state index contributed by atoms with van der Waals surface area (Å²) < 4.78 is 26.6. The third kappa shape index (κ3) is 5.61. The molecule has 0 spiro atoms. The standard InChI is InChI=1S/C50H40N4OSi/c1-52-46-26-12-13-27-47(46)54(55-52)38-20-14-21-39(33-38)56(2,3)40-28-29-44-43-22-10-11-25-45(43)53(48(44)34-40)49-32-37(30-31-51-49)50-41(35-16-6-4-7-17-35)23-15-24-42(50)36-18-8-5-9-19-36/h4-34H,1-3H3/i1D3. The summed E-state index contributed by atoms with van der Waals surface area (Å²) in [6.07, 6.45) is 1.93. The van der Waals surface area contributed by atoms with E-state index in [0.29, 0.717) is 11.4 Å². The van der Waals surface area contributed by atoms with Crippen LogP contribution < -0.4 is 20.5 Å². The molecular weight excluding hydrogens is 701 g/mol. The number of fused-ring (bicyclic) bond motifs is 4. The molecule has 9 aromatic rings. The van der Waals surface area contributed by atoms with Crippen molar-refractivity contribution in [2.24, 2.45) is 0 Å². The smallest absolute Gasteiger partial charge is 0.138 e. The first kappa shape index (κ1) is 30.6. The molecule has 0 fully saturated rings. The van der Waals surface area contributed by atoms with Crippen LogP contribution in [0.2, 0.25) is 13.1 Å². The van der Waals surface area contributed by atoms with Gasteiger partial charge in [-0.3, -0.25) is 4.57 Å². The van der Waals surface area contributed by atoms with Gasteiger partial charge in [0.2, 0.25) is 0 Å². The molecule has 2 aromatic heterocycles. The van der Waals surface area contributed by atoms with Crippen molar-refractivity contribution in [3.8, 4) is 39.2 Å². The maximum Gasteiger partial charge on any atom is 0.138 e. The Hall–Kier alpha value is -6.73. The van der Waals surface area contributed by atoms with Gasteiger partial charge in [-0.2, -0.15) is 5.06 Å². The van der Waals surface area contributed by atoms with Crippen molar-refractivity contribution in [1.29, 1.82) is 0 Å². The van der Waals surface area contributed by atoms with Crippen molar-refractivity contribution in [1.82, 2.24) is 9.55 Å². The Bertz CT molecular complexity index is 2960. The zero-order valence-electron chi connectivity index (χ0n) is 34.1. The predicted molar refractivity (Wildman–Crippen MR) is 236 cm³/mol. The Kier molecular flexibility index (Phi) is 7.39. The highest BCUT2D eigenvalue weighted by Gasteiger charge is 2.31. The summed E-state index contributed by atoms with van der Waals surface area (Å²) in [6.45, 7) is 2.25. The van der Waals surface area contributed by atoms with Gasteiger partial charge in [-0.1, -0.05) is 157 Å². The van der Waals surface area contributed by atoms with Crippen LogP contribution in [0.3, 0.4) is 0 Å². The number of aromatic nitrogens is 2. The lowest BCUT2D eigenvalue weighted by Crippen LogP contribution is -2.52. The Balaban J connectivity index is 1.10. The minimum absolute atomic E-state index is 0.505. The zero-order valence-corrected chi connectivity index (χ0v) is 32.1. The zero-order chi connectivity index (χ0) is 40.3. The largest absolute Gasteiger partial charge is 0.294 e. The van der Waals surface area contributed by atoms with Crippen LogP contribution in [0.4, 0.5) is 17.1 Å². The second-order valence-electron chi connectivity index (χ2n) is 14.8. The highest BCUT2D eigenvalue weighted by Crippen LogP contribution is 2.42. The fourth-order valence-corrected chi connectivity index (χ4v) is 10.6. The monoisotopic (exact) mass is 743 g/mol. The van der Waals surface area contributed by atoms with E-state index in [-0.39, 0.29) is 0 Å². The van der Waals surface area contributed by atoms with Crippen LogP contribution in [-0.4, -0.2) is 24.6 Å². The molecule has 7 aromatic carbocycles. The Labute approximate surface area is 332 Å². The number of pyridine rings is 1. The summed E-state index contributed by atoms with van der Waals surface area (Å²) >= 11 is 0. The van der Waals surface area contributed by atoms with E-state index in [1.54, 1.807) is 11.1 Å². The number of benzene rings is 7. The van der Waals surface area contributed by atoms with Crippen LogP contribution in [0, 0.1) is 0 Å². The Morgan fingerprint density at radius 3 is 1.93 bits per heavy atom. The third-order valence-corrected chi connectivity index (χ3v) is 14.7. The minimum atomic E-state index is -2.46. The molecule has 0 saturated carbocycles. The summed E-state index contributed by atoms with van der Waals surface area (Å²) in [4.78, 5) is 11.1. The van der Waals surface area contributed by atoms with Gasteiger partial charge in [0.25, 0.3) is 0 Å². The van der Waals surface area contributed by atoms with Crippen LogP contribution in [0.1, 0.15) is 4.11 Å². The molecule has 0 atom stereocenters. The first-order chi connectivity index (χ1) is 28.7. The van der Waals surface area contributed by atoms with Gasteiger partial charge in [-0.25, -0.2) is 10.0 Å². The number of hydrogen-bond acceptors (Lipinski definition) is 4. The number of hydrogen-bond donors (Lipinski definition) is 0. The number of anilines is 3. The quantitative estimate of drug-likeness (QED) is 0.152. The molecule has 1 aliphatic rings. The number of nitrogens with zero attached hydrogens (tertiary/aromatic N) is 4. The lowest BCUT2D eigenvalue weighted by atomic mass is 9.88. The molecular formula is C50H40N4OSi. The molecule has 1 aliphatic heterocycles. The SMILES string of the molecule is [2H]C([2H])([2H])N1ON(c2cccc([Si](C)(C)c3ccc4c5ccccc5n(-c5cc(-c6c(-c7ccccc7)cccc6-c6ccccc6)ccn5)c4c3)c2)c2ccccc21. The van der Waals surface area contributed by atoms with Crippen molar-refractivity contribution in [3.63, 3.8) is 0 Å². The lowest BCUT2D eigenvalue weighted by molar-refractivity contribution is 0.142. The van der Waals surface area contributed by atoms with Crippen LogP contribution in [-0.2, 0) is 4.94 Å². The molecule has 10 rings (SSSR count). The van der Waals surface area contributed by atoms with Crippen molar-refractivity contribution >= 4 is 57.3 Å². The summed E-state index contributed by atoms with van der Waals surface area (Å²) in [5.41, 5.74) is 11.0. The van der Waals surface area contributed by atoms with Gasteiger partial charge in [0, 0.05) is 28.1 Å². The van der Waals surface area contributed by atoms with Crippen molar-refractivity contribution in [3.05, 3.63) is 188 Å². The minimum Gasteiger partial charge on any atom is -0.294 e. The van der Waals surface area contributed by atoms with Crippen molar-refractivity contribution in [2.45, 2.75) is 13.1 Å². The molecule has 6 heteroatoms. The number of rotatable bonds is 7. The van der Waals surface area contributed by atoms with E-state index in [9.17, 15) is 0 Å². The number of hydroxylamine groups is 1. The lowest BCUT2D eigenvalue weighted by Gasteiger charge is -2.26. The maximum atomic E-state index is 8.11. The molecule has 0 amide bonds. The van der Waals surface area contributed by atoms with Crippen molar-refractivity contribution in [2.75, 3.05) is 17.1 Å². The first-order valence-electron chi connectivity index (χ1n) is 20.4. The Morgan fingerprint density at radius 2 is 1.18 bits per heavy atom. The molecule has 3 heterocycles. The highest BCUT2D eigenvalue weighted by molar-refractivity contribution is 7.00. The van der Waals surface area contributed by atoms with Gasteiger partial charge in [-0.15, -0.1) is 4.94 Å². The second-order valence-corrected chi connectivity index (χ2v) is 19.2. The summed E-state index contributed by atoms with van der Waals surface area (Å²) in [5, 5.41) is 7.41. The van der Waals surface area contributed by atoms with Crippen LogP contribution >= 0.6 is 0 Å². The van der Waals surface area contributed by atoms with E-state index in [0.717, 1.165) is 66.4 Å². The Morgan fingerprint density at radius 1 is 0.536 bits per heavy atom.